The minimum Gasteiger partial charge on any atom is -0.466 e. The van der Waals surface area contributed by atoms with E-state index in [1.54, 1.807) is 7.11 Å². The van der Waals surface area contributed by atoms with Crippen LogP contribution in [0.1, 0.15) is 51.9 Å². The molecule has 1 unspecified atom stereocenters. The van der Waals surface area contributed by atoms with Crippen LogP contribution in [0.5, 0.6) is 0 Å². The number of methoxy groups -OCH3 is 1. The quantitative estimate of drug-likeness (QED) is 0.677. The summed E-state index contributed by atoms with van der Waals surface area (Å²) < 4.78 is 10.6. The Bertz CT molecular complexity index is 328. The van der Waals surface area contributed by atoms with Crippen LogP contribution in [0.4, 0.5) is 0 Å². The molecule has 4 heteroatoms. The predicted molar refractivity (Wildman–Crippen MR) is 83.2 cm³/mol. The molecule has 0 aromatic rings. The fourth-order valence-electron chi connectivity index (χ4n) is 4.00. The van der Waals surface area contributed by atoms with E-state index in [1.807, 2.05) is 6.92 Å². The van der Waals surface area contributed by atoms with Gasteiger partial charge in [0.25, 0.3) is 0 Å². The predicted octanol–water partition coefficient (Wildman–Crippen LogP) is 2.86. The Morgan fingerprint density at radius 2 is 2.05 bits per heavy atom. The standard InChI is InChI=1S/C17H31NO3/c1-3-21-16(19)17(10-12-20-2)9-6-11-18(14-17)13-15-7-4-5-8-15/h15H,3-14H2,1-2H3. The average molecular weight is 297 g/mol. The first-order chi connectivity index (χ1) is 10.2. The van der Waals surface area contributed by atoms with Crippen LogP contribution in [-0.2, 0) is 14.3 Å². The largest absolute Gasteiger partial charge is 0.466 e. The van der Waals surface area contributed by atoms with Crippen molar-refractivity contribution in [2.24, 2.45) is 11.3 Å². The van der Waals surface area contributed by atoms with Crippen LogP contribution in [0, 0.1) is 11.3 Å². The molecule has 1 saturated heterocycles. The summed E-state index contributed by atoms with van der Waals surface area (Å²) in [7, 11) is 1.71. The van der Waals surface area contributed by atoms with Crippen LogP contribution in [0.25, 0.3) is 0 Å². The maximum Gasteiger partial charge on any atom is 0.313 e. The first-order valence-electron chi connectivity index (χ1n) is 8.59. The molecule has 1 atom stereocenters. The summed E-state index contributed by atoms with van der Waals surface area (Å²) in [5.41, 5.74) is -0.344. The summed E-state index contributed by atoms with van der Waals surface area (Å²) >= 11 is 0. The first kappa shape index (κ1) is 16.8. The average Bonchev–Trinajstić information content (AvgIpc) is 2.98. The number of piperidine rings is 1. The van der Waals surface area contributed by atoms with Gasteiger partial charge in [0.1, 0.15) is 0 Å². The molecule has 1 saturated carbocycles. The molecule has 21 heavy (non-hydrogen) atoms. The number of carbonyl (C=O) groups is 1. The maximum absolute atomic E-state index is 12.5. The molecule has 0 bridgehead atoms. The molecule has 0 radical (unpaired) electrons. The zero-order valence-corrected chi connectivity index (χ0v) is 13.7. The van der Waals surface area contributed by atoms with E-state index in [1.165, 1.54) is 25.7 Å². The van der Waals surface area contributed by atoms with Gasteiger partial charge in [-0.25, -0.2) is 0 Å². The molecule has 1 heterocycles. The molecule has 2 rings (SSSR count). The lowest BCUT2D eigenvalue weighted by atomic mass is 9.77. The van der Waals surface area contributed by atoms with Gasteiger partial charge in [-0.3, -0.25) is 4.79 Å². The molecule has 0 aromatic heterocycles. The minimum atomic E-state index is -0.344. The molecular weight excluding hydrogens is 266 g/mol. The number of carbonyl (C=O) groups excluding carboxylic acids is 1. The first-order valence-corrected chi connectivity index (χ1v) is 8.59. The van der Waals surface area contributed by atoms with Crippen molar-refractivity contribution < 1.29 is 14.3 Å². The highest BCUT2D eigenvalue weighted by Gasteiger charge is 2.43. The monoisotopic (exact) mass is 297 g/mol. The van der Waals surface area contributed by atoms with E-state index in [0.717, 1.165) is 44.8 Å². The van der Waals surface area contributed by atoms with Crippen molar-refractivity contribution in [2.45, 2.75) is 51.9 Å². The van der Waals surface area contributed by atoms with Crippen molar-refractivity contribution in [2.75, 3.05) is 40.0 Å². The lowest BCUT2D eigenvalue weighted by molar-refractivity contribution is -0.160. The number of likely N-dealkylation sites (tertiary alicyclic amines) is 1. The zero-order chi connectivity index (χ0) is 15.1. The molecule has 4 nitrogen and oxygen atoms in total. The zero-order valence-electron chi connectivity index (χ0n) is 13.7. The molecule has 122 valence electrons. The molecule has 0 aromatic carbocycles. The summed E-state index contributed by atoms with van der Waals surface area (Å²) in [6.45, 7) is 6.14. The van der Waals surface area contributed by atoms with E-state index in [4.69, 9.17) is 9.47 Å². The maximum atomic E-state index is 12.5. The van der Waals surface area contributed by atoms with E-state index >= 15 is 0 Å². The van der Waals surface area contributed by atoms with Gasteiger partial charge < -0.3 is 14.4 Å². The lowest BCUT2D eigenvalue weighted by Gasteiger charge is -2.41. The number of rotatable bonds is 7. The highest BCUT2D eigenvalue weighted by atomic mass is 16.5. The van der Waals surface area contributed by atoms with Crippen molar-refractivity contribution >= 4 is 5.97 Å². The number of hydrogen-bond acceptors (Lipinski definition) is 4. The second kappa shape index (κ2) is 8.14. The SMILES string of the molecule is CCOC(=O)C1(CCOC)CCCN(CC2CCCC2)C1. The van der Waals surface area contributed by atoms with E-state index < -0.39 is 0 Å². The summed E-state index contributed by atoms with van der Waals surface area (Å²) in [6, 6.07) is 0. The number of ether oxygens (including phenoxy) is 2. The second-order valence-corrected chi connectivity index (χ2v) is 6.73. The minimum absolute atomic E-state index is 0.0156. The summed E-state index contributed by atoms with van der Waals surface area (Å²) in [4.78, 5) is 15.0. The van der Waals surface area contributed by atoms with Crippen LogP contribution >= 0.6 is 0 Å². The second-order valence-electron chi connectivity index (χ2n) is 6.73. The molecule has 1 aliphatic heterocycles. The topological polar surface area (TPSA) is 38.8 Å². The van der Waals surface area contributed by atoms with E-state index in [2.05, 4.69) is 4.90 Å². The molecule has 2 fully saturated rings. The van der Waals surface area contributed by atoms with Crippen molar-refractivity contribution in [1.82, 2.24) is 4.90 Å². The van der Waals surface area contributed by atoms with Gasteiger partial charge in [0.05, 0.1) is 12.0 Å². The Balaban J connectivity index is 1.98. The molecule has 0 amide bonds. The third kappa shape index (κ3) is 4.43. The number of nitrogens with zero attached hydrogens (tertiary/aromatic N) is 1. The van der Waals surface area contributed by atoms with Gasteiger partial charge in [-0.15, -0.1) is 0 Å². The van der Waals surface area contributed by atoms with Crippen LogP contribution in [0.2, 0.25) is 0 Å². The lowest BCUT2D eigenvalue weighted by Crippen LogP contribution is -2.50. The van der Waals surface area contributed by atoms with Gasteiger partial charge >= 0.3 is 5.97 Å². The smallest absolute Gasteiger partial charge is 0.313 e. The highest BCUT2D eigenvalue weighted by molar-refractivity contribution is 5.77. The third-order valence-corrected chi connectivity index (χ3v) is 5.14. The molecule has 0 N–H and O–H groups in total. The van der Waals surface area contributed by atoms with Crippen LogP contribution in [0.3, 0.4) is 0 Å². The normalized spacial score (nSPS) is 27.9. The van der Waals surface area contributed by atoms with Crippen molar-refractivity contribution in [3.63, 3.8) is 0 Å². The van der Waals surface area contributed by atoms with Gasteiger partial charge in [0.15, 0.2) is 0 Å². The molecule has 0 spiro atoms. The Labute approximate surface area is 129 Å². The molecule has 1 aliphatic carbocycles. The highest BCUT2D eigenvalue weighted by Crippen LogP contribution is 2.36. The van der Waals surface area contributed by atoms with Gasteiger partial charge in [-0.05, 0) is 51.5 Å². The Kier molecular flexibility index (Phi) is 6.49. The van der Waals surface area contributed by atoms with Crippen molar-refractivity contribution in [3.8, 4) is 0 Å². The van der Waals surface area contributed by atoms with Gasteiger partial charge in [-0.1, -0.05) is 12.8 Å². The van der Waals surface area contributed by atoms with E-state index in [-0.39, 0.29) is 11.4 Å². The number of esters is 1. The van der Waals surface area contributed by atoms with Gasteiger partial charge in [0.2, 0.25) is 0 Å². The summed E-state index contributed by atoms with van der Waals surface area (Å²) in [6.07, 6.45) is 8.30. The number of hydrogen-bond donors (Lipinski definition) is 0. The Morgan fingerprint density at radius 3 is 2.71 bits per heavy atom. The van der Waals surface area contributed by atoms with Crippen molar-refractivity contribution in [1.29, 1.82) is 0 Å². The Morgan fingerprint density at radius 1 is 1.29 bits per heavy atom. The van der Waals surface area contributed by atoms with E-state index in [9.17, 15) is 4.79 Å². The van der Waals surface area contributed by atoms with Crippen LogP contribution in [0.15, 0.2) is 0 Å². The molecular formula is C17H31NO3. The molecule has 2 aliphatic rings. The van der Waals surface area contributed by atoms with Crippen molar-refractivity contribution in [3.05, 3.63) is 0 Å². The fourth-order valence-corrected chi connectivity index (χ4v) is 4.00. The fraction of sp³-hybridized carbons (Fsp3) is 0.941. The van der Waals surface area contributed by atoms with E-state index in [0.29, 0.717) is 13.2 Å². The third-order valence-electron chi connectivity index (χ3n) is 5.14. The van der Waals surface area contributed by atoms with Crippen LogP contribution < -0.4 is 0 Å². The van der Waals surface area contributed by atoms with Crippen LogP contribution in [-0.4, -0.2) is 50.8 Å². The van der Waals surface area contributed by atoms with Gasteiger partial charge in [0, 0.05) is 26.8 Å². The summed E-state index contributed by atoms with van der Waals surface area (Å²) in [5, 5.41) is 0. The summed E-state index contributed by atoms with van der Waals surface area (Å²) in [5.74, 6) is 0.823. The van der Waals surface area contributed by atoms with Gasteiger partial charge in [-0.2, -0.15) is 0 Å². The Hall–Kier alpha value is -0.610.